The predicted molar refractivity (Wildman–Crippen MR) is 95.9 cm³/mol. The van der Waals surface area contributed by atoms with Gasteiger partial charge < -0.3 is 9.47 Å². The number of allylic oxidation sites excluding steroid dienone is 2. The lowest BCUT2D eigenvalue weighted by Crippen LogP contribution is -2.39. The van der Waals surface area contributed by atoms with E-state index in [-0.39, 0.29) is 17.8 Å². The molecule has 3 heterocycles. The molecule has 0 N–H and O–H groups in total. The average Bonchev–Trinajstić information content (AvgIpc) is 2.91. The second-order valence-electron chi connectivity index (χ2n) is 6.24. The lowest BCUT2D eigenvalue weighted by atomic mass is 10.1. The molecule has 24 heavy (non-hydrogen) atoms. The van der Waals surface area contributed by atoms with Crippen molar-refractivity contribution in [2.75, 3.05) is 18.0 Å². The molecule has 7 nitrogen and oxygen atoms in total. The maximum Gasteiger partial charge on any atom is 0.332 e. The highest BCUT2D eigenvalue weighted by atomic mass is 35.5. The van der Waals surface area contributed by atoms with Crippen molar-refractivity contribution in [3.63, 3.8) is 0 Å². The van der Waals surface area contributed by atoms with Crippen LogP contribution in [0.1, 0.15) is 26.2 Å². The highest BCUT2D eigenvalue weighted by molar-refractivity contribution is 6.29. The van der Waals surface area contributed by atoms with Crippen LogP contribution in [-0.4, -0.2) is 31.8 Å². The molecule has 2 aromatic heterocycles. The van der Waals surface area contributed by atoms with Crippen LogP contribution in [0.5, 0.6) is 0 Å². The van der Waals surface area contributed by atoms with Gasteiger partial charge in [0.1, 0.15) is 0 Å². The van der Waals surface area contributed by atoms with E-state index in [1.807, 2.05) is 7.05 Å². The van der Waals surface area contributed by atoms with Crippen molar-refractivity contribution < 1.29 is 0 Å². The third-order valence-corrected chi connectivity index (χ3v) is 4.68. The van der Waals surface area contributed by atoms with Crippen LogP contribution in [0.2, 0.25) is 0 Å². The van der Waals surface area contributed by atoms with Gasteiger partial charge in [0.15, 0.2) is 11.2 Å². The Balaban J connectivity index is 2.21. The first-order chi connectivity index (χ1) is 11.4. The molecule has 0 saturated carbocycles. The van der Waals surface area contributed by atoms with Gasteiger partial charge in [0.25, 0.3) is 5.56 Å². The number of rotatable bonds is 3. The Labute approximate surface area is 144 Å². The fraction of sp³-hybridized carbons (Fsp3) is 0.562. The van der Waals surface area contributed by atoms with E-state index >= 15 is 0 Å². The van der Waals surface area contributed by atoms with E-state index in [4.69, 9.17) is 11.6 Å². The summed E-state index contributed by atoms with van der Waals surface area (Å²) in [6.45, 7) is 3.72. The minimum Gasteiger partial charge on any atom is -0.342 e. The van der Waals surface area contributed by atoms with Gasteiger partial charge in [0.05, 0.1) is 6.54 Å². The topological polar surface area (TPSA) is 65.1 Å². The largest absolute Gasteiger partial charge is 0.342 e. The SMILES string of the molecule is CC(Cl)=CCn1c(=O)c2c(nc(N3CCCCC3)n2C)n(C)c1=O. The Bertz CT molecular complexity index is 911. The van der Waals surface area contributed by atoms with Crippen molar-refractivity contribution in [2.24, 2.45) is 14.1 Å². The lowest BCUT2D eigenvalue weighted by Gasteiger charge is -2.27. The number of hydrogen-bond donors (Lipinski definition) is 0. The molecular formula is C16H22ClN5O2. The Morgan fingerprint density at radius 2 is 1.83 bits per heavy atom. The quantitative estimate of drug-likeness (QED) is 0.842. The van der Waals surface area contributed by atoms with Crippen LogP contribution in [0.15, 0.2) is 20.7 Å². The van der Waals surface area contributed by atoms with Gasteiger partial charge in [0, 0.05) is 32.2 Å². The fourth-order valence-corrected chi connectivity index (χ4v) is 3.26. The molecule has 0 spiro atoms. The molecule has 2 aromatic rings. The Morgan fingerprint density at radius 3 is 2.46 bits per heavy atom. The number of aryl methyl sites for hydroxylation is 2. The Morgan fingerprint density at radius 1 is 1.17 bits per heavy atom. The molecule has 130 valence electrons. The molecule has 1 aliphatic rings. The highest BCUT2D eigenvalue weighted by Crippen LogP contribution is 2.21. The molecule has 0 aromatic carbocycles. The normalized spacial score (nSPS) is 16.2. The molecule has 0 radical (unpaired) electrons. The molecule has 1 aliphatic heterocycles. The number of fused-ring (bicyclic) bond motifs is 1. The summed E-state index contributed by atoms with van der Waals surface area (Å²) in [6, 6.07) is 0. The minimum atomic E-state index is -0.384. The van der Waals surface area contributed by atoms with Gasteiger partial charge in [-0.05, 0) is 26.2 Å². The van der Waals surface area contributed by atoms with Crippen LogP contribution in [0.4, 0.5) is 5.95 Å². The molecule has 0 atom stereocenters. The first kappa shape index (κ1) is 16.8. The van der Waals surface area contributed by atoms with Crippen molar-refractivity contribution in [1.29, 1.82) is 0 Å². The summed E-state index contributed by atoms with van der Waals surface area (Å²) in [6.07, 6.45) is 5.10. The molecule has 0 aliphatic carbocycles. The Hall–Kier alpha value is -2.02. The second-order valence-corrected chi connectivity index (χ2v) is 6.84. The van der Waals surface area contributed by atoms with Crippen molar-refractivity contribution in [3.8, 4) is 0 Å². The predicted octanol–water partition coefficient (Wildman–Crippen LogP) is 1.57. The smallest absolute Gasteiger partial charge is 0.332 e. The third-order valence-electron chi connectivity index (χ3n) is 4.53. The zero-order valence-electron chi connectivity index (χ0n) is 14.3. The van der Waals surface area contributed by atoms with Gasteiger partial charge >= 0.3 is 5.69 Å². The maximum absolute atomic E-state index is 12.8. The van der Waals surface area contributed by atoms with E-state index in [1.165, 1.54) is 15.6 Å². The molecule has 3 rings (SSSR count). The van der Waals surface area contributed by atoms with Crippen molar-refractivity contribution in [3.05, 3.63) is 31.9 Å². The zero-order valence-corrected chi connectivity index (χ0v) is 15.0. The lowest BCUT2D eigenvalue weighted by molar-refractivity contribution is 0.563. The van der Waals surface area contributed by atoms with Crippen LogP contribution < -0.4 is 16.1 Å². The minimum absolute atomic E-state index is 0.154. The zero-order chi connectivity index (χ0) is 17.4. The number of halogens is 1. The summed E-state index contributed by atoms with van der Waals surface area (Å²) in [7, 11) is 3.48. The first-order valence-electron chi connectivity index (χ1n) is 8.15. The maximum atomic E-state index is 12.8. The summed E-state index contributed by atoms with van der Waals surface area (Å²) in [4.78, 5) is 32.1. The van der Waals surface area contributed by atoms with Crippen LogP contribution in [0.3, 0.4) is 0 Å². The van der Waals surface area contributed by atoms with E-state index in [2.05, 4.69) is 9.88 Å². The van der Waals surface area contributed by atoms with E-state index in [0.717, 1.165) is 31.9 Å². The highest BCUT2D eigenvalue weighted by Gasteiger charge is 2.22. The molecule has 8 heteroatoms. The van der Waals surface area contributed by atoms with E-state index in [0.29, 0.717) is 16.2 Å². The first-order valence-corrected chi connectivity index (χ1v) is 8.53. The van der Waals surface area contributed by atoms with Gasteiger partial charge in [-0.1, -0.05) is 17.7 Å². The van der Waals surface area contributed by atoms with Crippen LogP contribution >= 0.6 is 11.6 Å². The molecule has 0 bridgehead atoms. The molecule has 1 fully saturated rings. The van der Waals surface area contributed by atoms with E-state index in [9.17, 15) is 9.59 Å². The molecule has 0 unspecified atom stereocenters. The monoisotopic (exact) mass is 351 g/mol. The van der Waals surface area contributed by atoms with Crippen molar-refractivity contribution in [1.82, 2.24) is 18.7 Å². The number of anilines is 1. The third kappa shape index (κ3) is 2.77. The van der Waals surface area contributed by atoms with Gasteiger partial charge in [-0.3, -0.25) is 13.9 Å². The summed E-state index contributed by atoms with van der Waals surface area (Å²) in [5.41, 5.74) is 0.152. The Kier molecular flexibility index (Phi) is 4.54. The van der Waals surface area contributed by atoms with E-state index < -0.39 is 0 Å². The summed E-state index contributed by atoms with van der Waals surface area (Å²) in [5, 5.41) is 0.545. The standard InChI is InChI=1S/C16H22ClN5O2/c1-11(17)7-10-22-14(23)12-13(20(3)16(22)24)18-15(19(12)2)21-8-5-4-6-9-21/h7H,4-6,8-10H2,1-3H3. The van der Waals surface area contributed by atoms with Crippen LogP contribution in [0.25, 0.3) is 11.2 Å². The molecular weight excluding hydrogens is 330 g/mol. The number of aromatic nitrogens is 4. The summed E-state index contributed by atoms with van der Waals surface area (Å²) >= 11 is 5.84. The van der Waals surface area contributed by atoms with Gasteiger partial charge in [-0.25, -0.2) is 4.79 Å². The van der Waals surface area contributed by atoms with Gasteiger partial charge in [0.2, 0.25) is 5.95 Å². The van der Waals surface area contributed by atoms with Gasteiger partial charge in [-0.2, -0.15) is 4.98 Å². The average molecular weight is 352 g/mol. The van der Waals surface area contributed by atoms with Crippen LogP contribution in [-0.2, 0) is 20.6 Å². The second kappa shape index (κ2) is 6.47. The molecule has 0 amide bonds. The summed E-state index contributed by atoms with van der Waals surface area (Å²) < 4.78 is 4.42. The molecule has 1 saturated heterocycles. The van der Waals surface area contributed by atoms with Crippen molar-refractivity contribution in [2.45, 2.75) is 32.7 Å². The number of imidazole rings is 1. The number of piperidine rings is 1. The summed E-state index contributed by atoms with van der Waals surface area (Å²) in [5.74, 6) is 0.749. The van der Waals surface area contributed by atoms with Gasteiger partial charge in [-0.15, -0.1) is 0 Å². The van der Waals surface area contributed by atoms with Crippen LogP contribution in [0, 0.1) is 0 Å². The number of nitrogens with zero attached hydrogens (tertiary/aromatic N) is 5. The fourth-order valence-electron chi connectivity index (χ4n) is 3.19. The number of hydrogen-bond acceptors (Lipinski definition) is 4. The van der Waals surface area contributed by atoms with Crippen molar-refractivity contribution >= 4 is 28.7 Å². The van der Waals surface area contributed by atoms with E-state index in [1.54, 1.807) is 24.6 Å².